The maximum Gasteiger partial charge on any atom is 0.330 e. The lowest BCUT2D eigenvalue weighted by Crippen LogP contribution is -2.12. The van der Waals surface area contributed by atoms with Gasteiger partial charge in [-0.15, -0.1) is 0 Å². The molecule has 0 aliphatic heterocycles. The van der Waals surface area contributed by atoms with E-state index in [1.807, 2.05) is 24.3 Å². The summed E-state index contributed by atoms with van der Waals surface area (Å²) in [5, 5.41) is 0. The highest BCUT2D eigenvalue weighted by molar-refractivity contribution is 5.87. The van der Waals surface area contributed by atoms with E-state index in [0.29, 0.717) is 12.5 Å². The van der Waals surface area contributed by atoms with Crippen LogP contribution in [0.1, 0.15) is 45.1 Å². The molecule has 0 aliphatic carbocycles. The number of hydrogen-bond acceptors (Lipinski definition) is 3. The van der Waals surface area contributed by atoms with E-state index in [9.17, 15) is 4.79 Å². The quantitative estimate of drug-likeness (QED) is 0.497. The van der Waals surface area contributed by atoms with Crippen LogP contribution in [0.15, 0.2) is 30.3 Å². The van der Waals surface area contributed by atoms with Crippen LogP contribution in [0.25, 0.3) is 6.08 Å². The fraction of sp³-hybridized carbons (Fsp3) is 0.500. The van der Waals surface area contributed by atoms with Crippen molar-refractivity contribution in [3.8, 4) is 5.75 Å². The van der Waals surface area contributed by atoms with E-state index in [2.05, 4.69) is 13.8 Å². The molecule has 1 unspecified atom stereocenters. The third-order valence-electron chi connectivity index (χ3n) is 3.51. The summed E-state index contributed by atoms with van der Waals surface area (Å²) in [5.41, 5.74) is 0.921. The molecule has 0 heterocycles. The topological polar surface area (TPSA) is 35.5 Å². The Morgan fingerprint density at radius 1 is 1.33 bits per heavy atom. The maximum atomic E-state index is 11.7. The first kappa shape index (κ1) is 17.3. The molecule has 0 aromatic heterocycles. The fourth-order valence-electron chi connectivity index (χ4n) is 2.06. The van der Waals surface area contributed by atoms with Crippen LogP contribution in [0.4, 0.5) is 0 Å². The van der Waals surface area contributed by atoms with Crippen LogP contribution in [0.5, 0.6) is 5.75 Å². The molecule has 0 spiro atoms. The van der Waals surface area contributed by atoms with Crippen LogP contribution >= 0.6 is 0 Å². The van der Waals surface area contributed by atoms with Crippen molar-refractivity contribution < 1.29 is 14.3 Å². The van der Waals surface area contributed by atoms with Gasteiger partial charge in [0, 0.05) is 6.08 Å². The molecule has 0 saturated carbocycles. The first-order valence-electron chi connectivity index (χ1n) is 7.68. The molecule has 0 saturated heterocycles. The molecule has 0 bridgehead atoms. The molecule has 116 valence electrons. The molecule has 0 N–H and O–H groups in total. The molecule has 21 heavy (non-hydrogen) atoms. The number of methoxy groups -OCH3 is 1. The minimum atomic E-state index is -0.284. The van der Waals surface area contributed by atoms with Crippen LogP contribution < -0.4 is 4.74 Å². The Hall–Kier alpha value is -1.77. The average molecular weight is 290 g/mol. The monoisotopic (exact) mass is 290 g/mol. The largest absolute Gasteiger partial charge is 0.497 e. The lowest BCUT2D eigenvalue weighted by molar-refractivity contribution is -0.139. The molecule has 1 aromatic carbocycles. The number of hydrogen-bond donors (Lipinski definition) is 0. The Kier molecular flexibility index (Phi) is 8.25. The molecule has 0 amide bonds. The number of ether oxygens (including phenoxy) is 2. The van der Waals surface area contributed by atoms with Crippen LogP contribution in [0.2, 0.25) is 0 Å². The summed E-state index contributed by atoms with van der Waals surface area (Å²) in [5.74, 6) is 0.961. The molecule has 0 radical (unpaired) electrons. The van der Waals surface area contributed by atoms with Gasteiger partial charge in [0.2, 0.25) is 0 Å². The third kappa shape index (κ3) is 6.98. The molecule has 3 heteroatoms. The highest BCUT2D eigenvalue weighted by Crippen LogP contribution is 2.15. The Morgan fingerprint density at radius 2 is 2.14 bits per heavy atom. The summed E-state index contributed by atoms with van der Waals surface area (Å²) < 4.78 is 10.5. The Morgan fingerprint density at radius 3 is 2.81 bits per heavy atom. The fourth-order valence-corrected chi connectivity index (χ4v) is 2.06. The lowest BCUT2D eigenvalue weighted by Gasteiger charge is -2.13. The van der Waals surface area contributed by atoms with Crippen LogP contribution in [0.3, 0.4) is 0 Å². The number of carbonyl (C=O) groups is 1. The highest BCUT2D eigenvalue weighted by Gasteiger charge is 2.08. The zero-order valence-corrected chi connectivity index (χ0v) is 13.3. The minimum Gasteiger partial charge on any atom is -0.497 e. The second-order valence-electron chi connectivity index (χ2n) is 5.16. The van der Waals surface area contributed by atoms with Gasteiger partial charge in [0.1, 0.15) is 5.75 Å². The molecule has 0 fully saturated rings. The SMILES string of the molecule is CCCCC(CC)COC(=O)C=Cc1cccc(OC)c1. The summed E-state index contributed by atoms with van der Waals surface area (Å²) in [4.78, 5) is 11.7. The van der Waals surface area contributed by atoms with E-state index in [-0.39, 0.29) is 5.97 Å². The molecular weight excluding hydrogens is 264 g/mol. The summed E-state index contributed by atoms with van der Waals surface area (Å²) >= 11 is 0. The summed E-state index contributed by atoms with van der Waals surface area (Å²) in [7, 11) is 1.62. The second-order valence-corrected chi connectivity index (χ2v) is 5.16. The van der Waals surface area contributed by atoms with Gasteiger partial charge in [0.25, 0.3) is 0 Å². The van der Waals surface area contributed by atoms with Crippen molar-refractivity contribution in [3.05, 3.63) is 35.9 Å². The van der Waals surface area contributed by atoms with Crippen LogP contribution in [-0.2, 0) is 9.53 Å². The predicted octanol–water partition coefficient (Wildman–Crippen LogP) is 4.47. The normalized spacial score (nSPS) is 12.3. The van der Waals surface area contributed by atoms with Gasteiger partial charge in [-0.2, -0.15) is 0 Å². The van der Waals surface area contributed by atoms with Gasteiger partial charge in [-0.3, -0.25) is 0 Å². The molecule has 3 nitrogen and oxygen atoms in total. The van der Waals surface area contributed by atoms with Crippen molar-refractivity contribution >= 4 is 12.0 Å². The summed E-state index contributed by atoms with van der Waals surface area (Å²) in [6.45, 7) is 4.83. The first-order chi connectivity index (χ1) is 10.2. The third-order valence-corrected chi connectivity index (χ3v) is 3.51. The highest BCUT2D eigenvalue weighted by atomic mass is 16.5. The van der Waals surface area contributed by atoms with E-state index in [1.165, 1.54) is 18.9 Å². The zero-order chi connectivity index (χ0) is 15.5. The molecule has 1 atom stereocenters. The van der Waals surface area contributed by atoms with Crippen molar-refractivity contribution in [3.63, 3.8) is 0 Å². The Bertz CT molecular complexity index is 452. The van der Waals surface area contributed by atoms with Gasteiger partial charge in [0.05, 0.1) is 13.7 Å². The van der Waals surface area contributed by atoms with Crippen molar-refractivity contribution in [2.75, 3.05) is 13.7 Å². The Balaban J connectivity index is 2.43. The van der Waals surface area contributed by atoms with E-state index in [1.54, 1.807) is 13.2 Å². The number of rotatable bonds is 9. The van der Waals surface area contributed by atoms with E-state index < -0.39 is 0 Å². The lowest BCUT2D eigenvalue weighted by atomic mass is 10.0. The Labute approximate surface area is 128 Å². The van der Waals surface area contributed by atoms with Gasteiger partial charge < -0.3 is 9.47 Å². The van der Waals surface area contributed by atoms with Crippen molar-refractivity contribution in [2.45, 2.75) is 39.5 Å². The zero-order valence-electron chi connectivity index (χ0n) is 13.3. The van der Waals surface area contributed by atoms with Crippen LogP contribution in [0, 0.1) is 5.92 Å². The number of unbranched alkanes of at least 4 members (excludes halogenated alkanes) is 1. The number of benzene rings is 1. The van der Waals surface area contributed by atoms with Gasteiger partial charge in [0.15, 0.2) is 0 Å². The number of esters is 1. The summed E-state index contributed by atoms with van der Waals surface area (Å²) in [6.07, 6.45) is 7.77. The second kappa shape index (κ2) is 10.0. The minimum absolute atomic E-state index is 0.284. The number of carbonyl (C=O) groups excluding carboxylic acids is 1. The van der Waals surface area contributed by atoms with Gasteiger partial charge in [-0.05, 0) is 36.1 Å². The van der Waals surface area contributed by atoms with E-state index >= 15 is 0 Å². The van der Waals surface area contributed by atoms with E-state index in [0.717, 1.165) is 24.2 Å². The molecular formula is C18H26O3. The van der Waals surface area contributed by atoms with Crippen molar-refractivity contribution in [1.82, 2.24) is 0 Å². The van der Waals surface area contributed by atoms with Crippen LogP contribution in [-0.4, -0.2) is 19.7 Å². The first-order valence-corrected chi connectivity index (χ1v) is 7.68. The van der Waals surface area contributed by atoms with Gasteiger partial charge >= 0.3 is 5.97 Å². The average Bonchev–Trinajstić information content (AvgIpc) is 2.53. The van der Waals surface area contributed by atoms with Gasteiger partial charge in [-0.1, -0.05) is 45.2 Å². The predicted molar refractivity (Wildman–Crippen MR) is 86.3 cm³/mol. The molecule has 1 aromatic rings. The standard InChI is InChI=1S/C18H26O3/c1-4-6-8-15(5-2)14-21-18(19)12-11-16-9-7-10-17(13-16)20-3/h7,9-13,15H,4-6,8,14H2,1-3H3. The van der Waals surface area contributed by atoms with E-state index in [4.69, 9.17) is 9.47 Å². The molecule has 1 rings (SSSR count). The smallest absolute Gasteiger partial charge is 0.330 e. The van der Waals surface area contributed by atoms with Gasteiger partial charge in [-0.25, -0.2) is 4.79 Å². The molecule has 0 aliphatic rings. The van der Waals surface area contributed by atoms with Crippen molar-refractivity contribution in [1.29, 1.82) is 0 Å². The van der Waals surface area contributed by atoms with Crippen molar-refractivity contribution in [2.24, 2.45) is 5.92 Å². The maximum absolute atomic E-state index is 11.7. The summed E-state index contributed by atoms with van der Waals surface area (Å²) in [6, 6.07) is 7.55.